The van der Waals surface area contributed by atoms with Crippen molar-refractivity contribution in [2.45, 2.75) is 104 Å². The molecular weight excluding hydrogens is 392 g/mol. The van der Waals surface area contributed by atoms with Crippen molar-refractivity contribution < 1.29 is 41.2 Å². The molecule has 0 rings (SSSR count). The number of unbranched alkanes of at least 4 members (excludes halogenated alkanes) is 10. The van der Waals surface area contributed by atoms with Crippen LogP contribution in [-0.4, -0.2) is 20.5 Å². The zero-order valence-corrected chi connectivity index (χ0v) is 19.7. The Morgan fingerprint density at radius 2 is 1.14 bits per heavy atom. The topological polar surface area (TPSA) is 91.7 Å². The standard InChI is InChI=1S/C22H40O3.H2O.O.Ti/c1-18(2)16-14-12-10-8-6-5-7-9-11-13-15-17-20(22(24)25)21(23)19(3)4;;;/h18,20H,3,5-17H2,1-2,4H3,(H,24,25);1H2;;/q;;;+1/p-1. The van der Waals surface area contributed by atoms with Crippen LogP contribution >= 0.6 is 0 Å². The summed E-state index contributed by atoms with van der Waals surface area (Å²) in [6.45, 7) is 9.73. The number of ketones is 1. The number of carboxylic acid groups (broad SMARTS) is 1. The summed E-state index contributed by atoms with van der Waals surface area (Å²) in [6.07, 6.45) is 15.4. The molecule has 6 heteroatoms. The molecule has 0 bridgehead atoms. The van der Waals surface area contributed by atoms with Gasteiger partial charge in [-0.1, -0.05) is 97.5 Å². The first-order chi connectivity index (χ1) is 13.3. The van der Waals surface area contributed by atoms with Gasteiger partial charge in [-0.15, -0.1) is 0 Å². The number of allylic oxidation sites excluding steroid dienone is 1. The molecule has 0 aliphatic rings. The van der Waals surface area contributed by atoms with E-state index in [1.165, 1.54) is 57.8 Å². The van der Waals surface area contributed by atoms with Crippen molar-refractivity contribution >= 4 is 11.8 Å². The predicted molar refractivity (Wildman–Crippen MR) is 109 cm³/mol. The molecule has 0 aliphatic carbocycles. The average Bonchev–Trinajstić information content (AvgIpc) is 2.61. The van der Waals surface area contributed by atoms with Crippen LogP contribution < -0.4 is 0 Å². The van der Waals surface area contributed by atoms with Crippen molar-refractivity contribution in [1.29, 1.82) is 0 Å². The van der Waals surface area contributed by atoms with E-state index in [2.05, 4.69) is 20.4 Å². The quantitative estimate of drug-likeness (QED) is 0.129. The second-order valence-corrected chi connectivity index (χ2v) is 8.27. The van der Waals surface area contributed by atoms with Gasteiger partial charge in [-0.2, -0.15) is 0 Å². The summed E-state index contributed by atoms with van der Waals surface area (Å²) >= 11 is -1.75. The summed E-state index contributed by atoms with van der Waals surface area (Å²) in [5.41, 5.74) is 0.344. The fraction of sp³-hybridized carbons (Fsp3) is 0.818. The van der Waals surface area contributed by atoms with Gasteiger partial charge >= 0.3 is 32.5 Å². The third-order valence-electron chi connectivity index (χ3n) is 4.81. The van der Waals surface area contributed by atoms with Crippen molar-refractivity contribution in [1.82, 2.24) is 0 Å². The van der Waals surface area contributed by atoms with Crippen LogP contribution in [-0.2, 0) is 32.4 Å². The Morgan fingerprint density at radius 3 is 1.43 bits per heavy atom. The third kappa shape index (κ3) is 20.1. The number of aliphatic carboxylic acids is 1. The van der Waals surface area contributed by atoms with E-state index in [9.17, 15) is 9.59 Å². The molecule has 1 atom stereocenters. The van der Waals surface area contributed by atoms with E-state index in [0.717, 1.165) is 25.2 Å². The Kier molecular flexibility index (Phi) is 22.2. The van der Waals surface area contributed by atoms with Gasteiger partial charge in [0.2, 0.25) is 0 Å². The van der Waals surface area contributed by atoms with E-state index >= 15 is 0 Å². The zero-order valence-electron chi connectivity index (χ0n) is 18.2. The number of carbonyl (C=O) groups excluding carboxylic acids is 1. The number of hydrogen-bond donors (Lipinski definition) is 2. The molecule has 0 saturated heterocycles. The average molecular weight is 433 g/mol. The SMILES string of the molecule is C=C(C)C(=O)C(CCCCCCCCCCCCCC(C)C)C(=O)O.[O]=[Ti][OH]. The third-order valence-corrected chi connectivity index (χ3v) is 4.81. The fourth-order valence-electron chi connectivity index (χ4n) is 3.16. The van der Waals surface area contributed by atoms with E-state index in [1.807, 2.05) is 0 Å². The molecule has 163 valence electrons. The molecule has 0 fully saturated rings. The van der Waals surface area contributed by atoms with Crippen molar-refractivity contribution in [3.05, 3.63) is 12.2 Å². The van der Waals surface area contributed by atoms with Crippen LogP contribution in [0.2, 0.25) is 0 Å². The maximum absolute atomic E-state index is 11.8. The van der Waals surface area contributed by atoms with Gasteiger partial charge in [-0.05, 0) is 24.8 Å². The Hall–Kier alpha value is -0.646. The first kappa shape index (κ1) is 29.6. The van der Waals surface area contributed by atoms with Gasteiger partial charge in [0.15, 0.2) is 5.78 Å². The Bertz CT molecular complexity index is 435. The molecule has 0 aromatic heterocycles. The van der Waals surface area contributed by atoms with Crippen LogP contribution in [0.3, 0.4) is 0 Å². The summed E-state index contributed by atoms with van der Waals surface area (Å²) in [4.78, 5) is 22.9. The van der Waals surface area contributed by atoms with Crippen LogP contribution in [0.1, 0.15) is 104 Å². The maximum atomic E-state index is 11.8. The second-order valence-electron chi connectivity index (χ2n) is 7.99. The van der Waals surface area contributed by atoms with Gasteiger partial charge < -0.3 is 5.11 Å². The van der Waals surface area contributed by atoms with Gasteiger partial charge in [0.1, 0.15) is 5.92 Å². The van der Waals surface area contributed by atoms with Crippen LogP contribution in [0, 0.1) is 11.8 Å². The summed E-state index contributed by atoms with van der Waals surface area (Å²) in [5.74, 6) is -1.39. The zero-order chi connectivity index (χ0) is 21.8. The van der Waals surface area contributed by atoms with Crippen LogP contribution in [0.15, 0.2) is 12.2 Å². The van der Waals surface area contributed by atoms with Crippen molar-refractivity contribution in [2.24, 2.45) is 11.8 Å². The molecule has 0 radical (unpaired) electrons. The molecule has 5 nitrogen and oxygen atoms in total. The van der Waals surface area contributed by atoms with E-state index in [4.69, 9.17) is 12.1 Å². The molecule has 0 heterocycles. The summed E-state index contributed by atoms with van der Waals surface area (Å²) in [7, 11) is 0. The molecule has 0 aromatic carbocycles. The fourth-order valence-corrected chi connectivity index (χ4v) is 3.16. The second kappa shape index (κ2) is 21.1. The van der Waals surface area contributed by atoms with Gasteiger partial charge in [0.25, 0.3) is 0 Å². The number of rotatable bonds is 17. The minimum absolute atomic E-state index is 0.319. The van der Waals surface area contributed by atoms with E-state index in [1.54, 1.807) is 6.92 Å². The Balaban J connectivity index is 0. The van der Waals surface area contributed by atoms with Gasteiger partial charge in [-0.25, -0.2) is 0 Å². The number of carboxylic acids is 1. The number of hydrogen-bond acceptors (Lipinski definition) is 3. The summed E-state index contributed by atoms with van der Waals surface area (Å²) < 4.78 is 15.8. The van der Waals surface area contributed by atoms with Gasteiger partial charge in [0.05, 0.1) is 0 Å². The number of Topliss-reactive ketones (excluding diaryl/α,β-unsaturated/α-hetero) is 1. The number of carbonyl (C=O) groups is 2. The van der Waals surface area contributed by atoms with Gasteiger partial charge in [-0.3, -0.25) is 9.59 Å². The van der Waals surface area contributed by atoms with Crippen LogP contribution in [0.25, 0.3) is 0 Å². The summed E-state index contributed by atoms with van der Waals surface area (Å²) in [6, 6.07) is 0. The van der Waals surface area contributed by atoms with Crippen molar-refractivity contribution in [3.63, 3.8) is 0 Å². The Morgan fingerprint density at radius 1 is 0.821 bits per heavy atom. The molecular formula is C22H41O5Ti. The molecule has 0 aliphatic heterocycles. The first-order valence-corrected chi connectivity index (χ1v) is 12.0. The van der Waals surface area contributed by atoms with Crippen molar-refractivity contribution in [2.75, 3.05) is 0 Å². The van der Waals surface area contributed by atoms with Crippen LogP contribution in [0.4, 0.5) is 0 Å². The molecule has 0 saturated carbocycles. The van der Waals surface area contributed by atoms with E-state index in [0.29, 0.717) is 12.0 Å². The van der Waals surface area contributed by atoms with E-state index < -0.39 is 31.4 Å². The molecule has 0 spiro atoms. The molecule has 1 unspecified atom stereocenters. The van der Waals surface area contributed by atoms with Gasteiger partial charge in [0, 0.05) is 0 Å². The molecule has 0 aromatic rings. The molecule has 28 heavy (non-hydrogen) atoms. The van der Waals surface area contributed by atoms with E-state index in [-0.39, 0.29) is 5.78 Å². The van der Waals surface area contributed by atoms with Crippen molar-refractivity contribution in [3.8, 4) is 0 Å². The Labute approximate surface area is 181 Å². The first-order valence-electron chi connectivity index (χ1n) is 10.7. The predicted octanol–water partition coefficient (Wildman–Crippen LogP) is 5.88. The minimum atomic E-state index is -1.75. The normalized spacial score (nSPS) is 11.3. The summed E-state index contributed by atoms with van der Waals surface area (Å²) in [5, 5.41) is 9.13. The molecule has 0 amide bonds. The molecule has 2 N–H and O–H groups in total. The monoisotopic (exact) mass is 433 g/mol. The van der Waals surface area contributed by atoms with Crippen LogP contribution in [0.5, 0.6) is 0 Å².